The zero-order valence-electron chi connectivity index (χ0n) is 25.1. The number of aliphatic imine (C=N–C) groups is 2. The highest BCUT2D eigenvalue weighted by Gasteiger charge is 2.30. The molecule has 1 aromatic carbocycles. The number of nitrogens with zero attached hydrogens (tertiary/aromatic N) is 3. The Kier molecular flexibility index (Phi) is 15.0. The number of guanidine groups is 2. The van der Waals surface area contributed by atoms with E-state index in [0.717, 1.165) is 5.96 Å². The number of nitrogens with two attached hydrogens (primary N) is 2. The Bertz CT molecular complexity index is 981. The van der Waals surface area contributed by atoms with Crippen molar-refractivity contribution in [2.24, 2.45) is 21.5 Å². The monoisotopic (exact) mass is 589 g/mol. The fourth-order valence-electron chi connectivity index (χ4n) is 6.64. The summed E-state index contributed by atoms with van der Waals surface area (Å²) in [7, 11) is -4.00. The molecule has 3 saturated carbocycles. The van der Waals surface area contributed by atoms with Crippen molar-refractivity contribution in [3.63, 3.8) is 0 Å². The van der Waals surface area contributed by atoms with Crippen LogP contribution in [0.1, 0.15) is 135 Å². The van der Waals surface area contributed by atoms with Gasteiger partial charge in [0, 0.05) is 12.1 Å². The minimum atomic E-state index is -4.00. The Hall–Kier alpha value is -2.13. The van der Waals surface area contributed by atoms with Crippen molar-refractivity contribution in [3.8, 4) is 0 Å². The van der Waals surface area contributed by atoms with E-state index in [2.05, 4.69) is 4.90 Å². The average Bonchev–Trinajstić information content (AvgIpc) is 2.87. The van der Waals surface area contributed by atoms with Gasteiger partial charge in [0.1, 0.15) is 0 Å². The second-order valence-electron chi connectivity index (χ2n) is 12.2. The third kappa shape index (κ3) is 12.7. The molecule has 0 saturated heterocycles. The molecule has 5 N–H and O–H groups in total. The summed E-state index contributed by atoms with van der Waals surface area (Å²) in [6, 6.07) is 8.88. The predicted octanol–water partition coefficient (Wildman–Crippen LogP) is 7.19. The zero-order valence-corrected chi connectivity index (χ0v) is 26.0. The van der Waals surface area contributed by atoms with Crippen LogP contribution in [0.2, 0.25) is 0 Å². The van der Waals surface area contributed by atoms with Crippen LogP contribution in [0.3, 0.4) is 0 Å². The summed E-state index contributed by atoms with van der Waals surface area (Å²) >= 11 is 0. The summed E-state index contributed by atoms with van der Waals surface area (Å²) in [6.45, 7) is 0. The Balaban J connectivity index is 0.000000389. The van der Waals surface area contributed by atoms with Crippen LogP contribution in [0.25, 0.3) is 0 Å². The first-order chi connectivity index (χ1) is 19.8. The van der Waals surface area contributed by atoms with Crippen molar-refractivity contribution in [1.82, 2.24) is 4.90 Å². The van der Waals surface area contributed by atoms with Crippen LogP contribution < -0.4 is 11.5 Å². The molecule has 0 atom stereocenters. The number of benzene rings is 1. The molecule has 0 aliphatic heterocycles. The molecule has 3 fully saturated rings. The Labute approximate surface area is 249 Å². The van der Waals surface area contributed by atoms with Gasteiger partial charge in [-0.1, -0.05) is 115 Å². The van der Waals surface area contributed by atoms with E-state index in [1.54, 1.807) is 18.2 Å². The maximum atomic E-state index is 10.4. The van der Waals surface area contributed by atoms with Gasteiger partial charge in [-0.2, -0.15) is 13.4 Å². The fraction of sp³-hybridized carbons (Fsp3) is 0.750. The summed E-state index contributed by atoms with van der Waals surface area (Å²) in [6.07, 6.45) is 27.6. The minimum absolute atomic E-state index is 0.0741. The normalized spacial score (nSPS) is 21.4. The molecule has 0 aromatic heterocycles. The van der Waals surface area contributed by atoms with Gasteiger partial charge in [0.25, 0.3) is 10.1 Å². The van der Waals surface area contributed by atoms with Crippen molar-refractivity contribution < 1.29 is 13.0 Å². The van der Waals surface area contributed by atoms with E-state index in [1.807, 2.05) is 0 Å². The maximum absolute atomic E-state index is 10.4. The quantitative estimate of drug-likeness (QED) is 0.193. The van der Waals surface area contributed by atoms with E-state index in [9.17, 15) is 8.42 Å². The fourth-order valence-corrected chi connectivity index (χ4v) is 7.14. The van der Waals surface area contributed by atoms with Crippen LogP contribution in [0, 0.1) is 0 Å². The van der Waals surface area contributed by atoms with E-state index in [0.29, 0.717) is 18.1 Å². The molecule has 9 heteroatoms. The molecule has 3 aliphatic carbocycles. The van der Waals surface area contributed by atoms with Gasteiger partial charge in [-0.3, -0.25) is 4.55 Å². The topological polar surface area (TPSA) is 134 Å². The van der Waals surface area contributed by atoms with Crippen LogP contribution in [0.4, 0.5) is 0 Å². The largest absolute Gasteiger partial charge is 0.370 e. The molecule has 0 heterocycles. The lowest BCUT2D eigenvalue weighted by Crippen LogP contribution is -2.48. The SMILES string of the molecule is NC(N)=NC(=NC1CCCCCCC1)N(C1CCCCCCC1)C1CCCCCCC1.O=S(=O)(O)c1ccccc1. The molecule has 4 rings (SSSR count). The van der Waals surface area contributed by atoms with Crippen molar-refractivity contribution in [1.29, 1.82) is 0 Å². The molecule has 232 valence electrons. The molecule has 8 nitrogen and oxygen atoms in total. The standard InChI is InChI=1S/C26H49N5.C6H6O3S/c27-25(28)30-26(29-22-16-10-4-1-5-11-17-22)31(23-18-12-6-2-7-13-19-23)24-20-14-8-3-9-15-21-24;7-10(8,9)6-4-2-1-3-5-6/h22-24H,1-21H2,(H4,27,28,29,30);1-5H,(H,7,8,9). The van der Waals surface area contributed by atoms with E-state index >= 15 is 0 Å². The van der Waals surface area contributed by atoms with Gasteiger partial charge < -0.3 is 16.4 Å². The van der Waals surface area contributed by atoms with Gasteiger partial charge in [0.15, 0.2) is 5.96 Å². The maximum Gasteiger partial charge on any atom is 0.294 e. The van der Waals surface area contributed by atoms with Gasteiger partial charge in [-0.05, 0) is 50.7 Å². The Morgan fingerprint density at radius 3 is 1.41 bits per heavy atom. The lowest BCUT2D eigenvalue weighted by Gasteiger charge is -2.41. The van der Waals surface area contributed by atoms with Crippen LogP contribution in [0.5, 0.6) is 0 Å². The average molecular weight is 590 g/mol. The lowest BCUT2D eigenvalue weighted by atomic mass is 9.90. The molecule has 41 heavy (non-hydrogen) atoms. The second-order valence-corrected chi connectivity index (χ2v) is 13.6. The molecular formula is C32H55N5O3S. The Morgan fingerprint density at radius 1 is 0.659 bits per heavy atom. The van der Waals surface area contributed by atoms with Crippen molar-refractivity contribution in [2.75, 3.05) is 0 Å². The molecule has 0 spiro atoms. The third-order valence-corrected chi connectivity index (χ3v) is 9.68. The van der Waals surface area contributed by atoms with Crippen LogP contribution in [-0.4, -0.2) is 47.9 Å². The third-order valence-electron chi connectivity index (χ3n) is 8.81. The molecular weight excluding hydrogens is 534 g/mol. The molecule has 0 unspecified atom stereocenters. The van der Waals surface area contributed by atoms with Crippen molar-refractivity contribution >= 4 is 22.0 Å². The van der Waals surface area contributed by atoms with Crippen LogP contribution in [0.15, 0.2) is 45.2 Å². The van der Waals surface area contributed by atoms with Gasteiger partial charge in [0.05, 0.1) is 10.9 Å². The van der Waals surface area contributed by atoms with E-state index in [-0.39, 0.29) is 10.9 Å². The van der Waals surface area contributed by atoms with E-state index < -0.39 is 10.1 Å². The van der Waals surface area contributed by atoms with Crippen LogP contribution >= 0.6 is 0 Å². The van der Waals surface area contributed by atoms with E-state index in [4.69, 9.17) is 26.0 Å². The highest BCUT2D eigenvalue weighted by molar-refractivity contribution is 7.85. The lowest BCUT2D eigenvalue weighted by molar-refractivity contribution is 0.171. The molecule has 3 aliphatic rings. The zero-order chi connectivity index (χ0) is 29.3. The summed E-state index contributed by atoms with van der Waals surface area (Å²) in [5, 5.41) is 0. The smallest absolute Gasteiger partial charge is 0.294 e. The van der Waals surface area contributed by atoms with Gasteiger partial charge in [-0.15, -0.1) is 0 Å². The Morgan fingerprint density at radius 2 is 1.05 bits per heavy atom. The first-order valence-corrected chi connectivity index (χ1v) is 17.8. The van der Waals surface area contributed by atoms with Gasteiger partial charge >= 0.3 is 0 Å². The minimum Gasteiger partial charge on any atom is -0.370 e. The predicted molar refractivity (Wildman–Crippen MR) is 170 cm³/mol. The first kappa shape index (κ1) is 33.4. The highest BCUT2D eigenvalue weighted by atomic mass is 32.2. The summed E-state index contributed by atoms with van der Waals surface area (Å²) in [5.74, 6) is 1.05. The molecule has 0 amide bonds. The summed E-state index contributed by atoms with van der Waals surface area (Å²) in [4.78, 5) is 12.6. The van der Waals surface area contributed by atoms with Gasteiger partial charge in [0.2, 0.25) is 5.96 Å². The first-order valence-electron chi connectivity index (χ1n) is 16.3. The van der Waals surface area contributed by atoms with Gasteiger partial charge in [-0.25, -0.2) is 4.99 Å². The second kappa shape index (κ2) is 18.4. The number of hydrogen-bond acceptors (Lipinski definition) is 3. The highest BCUT2D eigenvalue weighted by Crippen LogP contribution is 2.30. The van der Waals surface area contributed by atoms with Crippen molar-refractivity contribution in [2.45, 2.75) is 158 Å². The summed E-state index contributed by atoms with van der Waals surface area (Å²) in [5.41, 5.74) is 12.0. The molecule has 0 radical (unpaired) electrons. The van der Waals surface area contributed by atoms with Crippen molar-refractivity contribution in [3.05, 3.63) is 30.3 Å². The number of rotatable bonds is 4. The number of hydrogen-bond donors (Lipinski definition) is 3. The molecule has 1 aromatic rings. The van der Waals surface area contributed by atoms with E-state index in [1.165, 1.54) is 147 Å². The van der Waals surface area contributed by atoms with Crippen LogP contribution in [-0.2, 0) is 10.1 Å². The summed E-state index contributed by atoms with van der Waals surface area (Å²) < 4.78 is 29.2. The molecule has 0 bridgehead atoms.